The van der Waals surface area contributed by atoms with Gasteiger partial charge in [-0.1, -0.05) is 0 Å². The molecule has 0 spiro atoms. The first kappa shape index (κ1) is 23.1. The molecule has 0 aliphatic heterocycles. The molecule has 2 rings (SSSR count). The van der Waals surface area contributed by atoms with Crippen LogP contribution in [0, 0.1) is 5.82 Å². The van der Waals surface area contributed by atoms with Gasteiger partial charge in [0.15, 0.2) is 5.96 Å². The SMILES string of the molecule is CCNC(=NCc1ccc(S(=O)(=O)N(C)C)s1)NCC(C)Oc1ccc(F)cc1. The Bertz CT molecular complexity index is 912. The molecule has 7 nitrogen and oxygen atoms in total. The van der Waals surface area contributed by atoms with Crippen molar-refractivity contribution < 1.29 is 17.5 Å². The Morgan fingerprint density at radius 1 is 1.21 bits per heavy atom. The number of aliphatic imine (C=N–C) groups is 1. The molecule has 0 saturated heterocycles. The first-order chi connectivity index (χ1) is 13.7. The summed E-state index contributed by atoms with van der Waals surface area (Å²) in [5.74, 6) is 0.892. The van der Waals surface area contributed by atoms with E-state index in [0.29, 0.717) is 35.6 Å². The quantitative estimate of drug-likeness (QED) is 0.461. The van der Waals surface area contributed by atoms with E-state index in [4.69, 9.17) is 4.74 Å². The number of benzene rings is 1. The molecule has 0 amide bonds. The average molecular weight is 443 g/mol. The molecule has 0 saturated carbocycles. The molecule has 1 heterocycles. The van der Waals surface area contributed by atoms with Gasteiger partial charge in [-0.05, 0) is 50.2 Å². The highest BCUT2D eigenvalue weighted by molar-refractivity contribution is 7.91. The molecule has 29 heavy (non-hydrogen) atoms. The van der Waals surface area contributed by atoms with Crippen LogP contribution in [0.4, 0.5) is 4.39 Å². The Morgan fingerprint density at radius 2 is 1.90 bits per heavy atom. The molecule has 0 aliphatic carbocycles. The third-order valence-corrected chi connectivity index (χ3v) is 7.17. The van der Waals surface area contributed by atoms with Crippen molar-refractivity contribution in [3.05, 3.63) is 47.1 Å². The van der Waals surface area contributed by atoms with E-state index in [-0.39, 0.29) is 11.9 Å². The Labute approximate surface area is 175 Å². The summed E-state index contributed by atoms with van der Waals surface area (Å²) in [5.41, 5.74) is 0. The molecule has 1 unspecified atom stereocenters. The smallest absolute Gasteiger partial charge is 0.252 e. The number of hydrogen-bond acceptors (Lipinski definition) is 5. The van der Waals surface area contributed by atoms with Crippen molar-refractivity contribution in [1.29, 1.82) is 0 Å². The molecule has 10 heteroatoms. The largest absolute Gasteiger partial charge is 0.489 e. The third kappa shape index (κ3) is 6.98. The lowest BCUT2D eigenvalue weighted by Crippen LogP contribution is -2.41. The highest BCUT2D eigenvalue weighted by Crippen LogP contribution is 2.24. The number of nitrogens with one attached hydrogen (secondary N) is 2. The number of nitrogens with zero attached hydrogens (tertiary/aromatic N) is 2. The van der Waals surface area contributed by atoms with E-state index < -0.39 is 10.0 Å². The van der Waals surface area contributed by atoms with Gasteiger partial charge in [0.2, 0.25) is 0 Å². The van der Waals surface area contributed by atoms with Gasteiger partial charge in [0, 0.05) is 25.5 Å². The van der Waals surface area contributed by atoms with Crippen LogP contribution < -0.4 is 15.4 Å². The van der Waals surface area contributed by atoms with Crippen LogP contribution in [0.1, 0.15) is 18.7 Å². The molecule has 1 atom stereocenters. The van der Waals surface area contributed by atoms with E-state index in [1.165, 1.54) is 41.9 Å². The van der Waals surface area contributed by atoms with Crippen LogP contribution in [0.5, 0.6) is 5.75 Å². The van der Waals surface area contributed by atoms with E-state index in [9.17, 15) is 12.8 Å². The summed E-state index contributed by atoms with van der Waals surface area (Å²) in [4.78, 5) is 5.35. The van der Waals surface area contributed by atoms with Crippen LogP contribution in [0.2, 0.25) is 0 Å². The van der Waals surface area contributed by atoms with Gasteiger partial charge in [-0.2, -0.15) is 0 Å². The van der Waals surface area contributed by atoms with Crippen LogP contribution in [-0.4, -0.2) is 52.0 Å². The van der Waals surface area contributed by atoms with Crippen molar-refractivity contribution in [3.8, 4) is 5.75 Å². The summed E-state index contributed by atoms with van der Waals surface area (Å²) in [7, 11) is -0.408. The van der Waals surface area contributed by atoms with Crippen molar-refractivity contribution in [3.63, 3.8) is 0 Å². The first-order valence-electron chi connectivity index (χ1n) is 9.18. The normalized spacial score (nSPS) is 13.4. The lowest BCUT2D eigenvalue weighted by molar-refractivity contribution is 0.223. The summed E-state index contributed by atoms with van der Waals surface area (Å²) in [6.45, 7) is 5.40. The van der Waals surface area contributed by atoms with Gasteiger partial charge >= 0.3 is 0 Å². The molecular formula is C19H27FN4O3S2. The van der Waals surface area contributed by atoms with E-state index in [1.807, 2.05) is 13.8 Å². The maximum absolute atomic E-state index is 13.0. The van der Waals surface area contributed by atoms with E-state index >= 15 is 0 Å². The zero-order valence-corrected chi connectivity index (χ0v) is 18.6. The van der Waals surface area contributed by atoms with Crippen molar-refractivity contribution in [1.82, 2.24) is 14.9 Å². The Kier molecular flexibility index (Phi) is 8.42. The minimum Gasteiger partial charge on any atom is -0.489 e. The standard InChI is InChI=1S/C19H27FN4O3S2/c1-5-21-19(22-12-14(2)27-16-8-6-15(20)7-9-16)23-13-17-10-11-18(28-17)29(25,26)24(3)4/h6-11,14H,5,12-13H2,1-4H3,(H2,21,22,23). The zero-order valence-electron chi connectivity index (χ0n) is 17.0. The van der Waals surface area contributed by atoms with Crippen LogP contribution in [0.3, 0.4) is 0 Å². The van der Waals surface area contributed by atoms with Gasteiger partial charge in [-0.3, -0.25) is 0 Å². The number of ether oxygens (including phenoxy) is 1. The molecule has 1 aromatic carbocycles. The highest BCUT2D eigenvalue weighted by atomic mass is 32.2. The highest BCUT2D eigenvalue weighted by Gasteiger charge is 2.19. The van der Waals surface area contributed by atoms with Gasteiger partial charge in [-0.25, -0.2) is 22.1 Å². The Hall–Kier alpha value is -2.17. The number of sulfonamides is 1. The first-order valence-corrected chi connectivity index (χ1v) is 11.4. The van der Waals surface area contributed by atoms with E-state index in [1.54, 1.807) is 24.3 Å². The Balaban J connectivity index is 1.94. The minimum atomic E-state index is -3.43. The topological polar surface area (TPSA) is 83.0 Å². The molecule has 2 aromatic rings. The molecule has 1 aromatic heterocycles. The number of rotatable bonds is 9. The fourth-order valence-corrected chi connectivity index (χ4v) is 4.74. The summed E-state index contributed by atoms with van der Waals surface area (Å²) in [6, 6.07) is 9.25. The monoisotopic (exact) mass is 442 g/mol. The number of halogens is 1. The van der Waals surface area contributed by atoms with Crippen LogP contribution in [0.25, 0.3) is 0 Å². The van der Waals surface area contributed by atoms with E-state index in [0.717, 1.165) is 4.88 Å². The zero-order chi connectivity index (χ0) is 21.4. The number of hydrogen-bond donors (Lipinski definition) is 2. The molecule has 2 N–H and O–H groups in total. The Morgan fingerprint density at radius 3 is 2.52 bits per heavy atom. The molecule has 0 fully saturated rings. The third-order valence-electron chi connectivity index (χ3n) is 3.82. The van der Waals surface area contributed by atoms with E-state index in [2.05, 4.69) is 15.6 Å². The van der Waals surface area contributed by atoms with Gasteiger partial charge in [0.25, 0.3) is 10.0 Å². The van der Waals surface area contributed by atoms with Gasteiger partial charge in [-0.15, -0.1) is 11.3 Å². The second-order valence-electron chi connectivity index (χ2n) is 6.47. The van der Waals surface area contributed by atoms with Gasteiger partial charge in [0.1, 0.15) is 21.9 Å². The van der Waals surface area contributed by atoms with Crippen molar-refractivity contribution in [2.75, 3.05) is 27.2 Å². The minimum absolute atomic E-state index is 0.164. The predicted molar refractivity (Wildman–Crippen MR) is 115 cm³/mol. The lowest BCUT2D eigenvalue weighted by Gasteiger charge is -2.17. The fourth-order valence-electron chi connectivity index (χ4n) is 2.29. The second kappa shape index (κ2) is 10.6. The van der Waals surface area contributed by atoms with Crippen molar-refractivity contribution in [2.24, 2.45) is 4.99 Å². The molecule has 0 bridgehead atoms. The van der Waals surface area contributed by atoms with Gasteiger partial charge < -0.3 is 15.4 Å². The van der Waals surface area contributed by atoms with Crippen LogP contribution in [0.15, 0.2) is 45.6 Å². The summed E-state index contributed by atoms with van der Waals surface area (Å²) in [5, 5.41) is 6.34. The average Bonchev–Trinajstić information content (AvgIpc) is 3.15. The number of guanidine groups is 1. The van der Waals surface area contributed by atoms with Crippen molar-refractivity contribution >= 4 is 27.3 Å². The lowest BCUT2D eigenvalue weighted by atomic mass is 10.3. The molecule has 160 valence electrons. The van der Waals surface area contributed by atoms with Crippen LogP contribution in [-0.2, 0) is 16.6 Å². The maximum atomic E-state index is 13.0. The summed E-state index contributed by atoms with van der Waals surface area (Å²) < 4.78 is 44.5. The number of thiophene rings is 1. The second-order valence-corrected chi connectivity index (χ2v) is 10.0. The summed E-state index contributed by atoms with van der Waals surface area (Å²) >= 11 is 1.21. The molecular weight excluding hydrogens is 415 g/mol. The molecule has 0 radical (unpaired) electrons. The maximum Gasteiger partial charge on any atom is 0.252 e. The molecule has 0 aliphatic rings. The van der Waals surface area contributed by atoms with Crippen LogP contribution >= 0.6 is 11.3 Å². The predicted octanol–water partition coefficient (Wildman–Crippen LogP) is 2.66. The fraction of sp³-hybridized carbons (Fsp3) is 0.421. The van der Waals surface area contributed by atoms with Crippen molar-refractivity contribution in [2.45, 2.75) is 30.7 Å². The summed E-state index contributed by atoms with van der Waals surface area (Å²) in [6.07, 6.45) is -0.164. The van der Waals surface area contributed by atoms with Gasteiger partial charge in [0.05, 0.1) is 13.1 Å².